The number of aromatic nitrogens is 7. The monoisotopic (exact) mass is 450 g/mol. The van der Waals surface area contributed by atoms with Crippen LogP contribution >= 0.6 is 0 Å². The molecule has 7 rings (SSSR count). The van der Waals surface area contributed by atoms with E-state index >= 15 is 0 Å². The van der Waals surface area contributed by atoms with Gasteiger partial charge in [0, 0.05) is 34.9 Å². The highest BCUT2D eigenvalue weighted by atomic mass is 15.4. The van der Waals surface area contributed by atoms with Gasteiger partial charge in [-0.2, -0.15) is 10.1 Å². The van der Waals surface area contributed by atoms with Gasteiger partial charge in [0.25, 0.3) is 0 Å². The van der Waals surface area contributed by atoms with Crippen LogP contribution in [0, 0.1) is 0 Å². The van der Waals surface area contributed by atoms with Crippen LogP contribution in [0.25, 0.3) is 33.7 Å². The topological polar surface area (TPSA) is 100 Å². The van der Waals surface area contributed by atoms with Crippen molar-refractivity contribution < 1.29 is 0 Å². The smallest absolute Gasteiger partial charge is 0.225 e. The molecule has 3 heterocycles. The first kappa shape index (κ1) is 19.5. The van der Waals surface area contributed by atoms with Crippen LogP contribution in [-0.2, 0) is 19.9 Å². The van der Waals surface area contributed by atoms with Gasteiger partial charge < -0.3 is 10.3 Å². The largest absolute Gasteiger partial charge is 0.342 e. The van der Waals surface area contributed by atoms with Crippen molar-refractivity contribution in [3.63, 3.8) is 0 Å². The number of hydrogen-bond donors (Lipinski definition) is 3. The average Bonchev–Trinajstić information content (AvgIpc) is 3.26. The summed E-state index contributed by atoms with van der Waals surface area (Å²) < 4.78 is 1.81. The van der Waals surface area contributed by atoms with Crippen molar-refractivity contribution in [2.24, 2.45) is 7.05 Å². The fourth-order valence-electron chi connectivity index (χ4n) is 5.06. The van der Waals surface area contributed by atoms with Crippen molar-refractivity contribution in [2.45, 2.75) is 44.4 Å². The summed E-state index contributed by atoms with van der Waals surface area (Å²) in [4.78, 5) is 13.2. The average molecular weight is 451 g/mol. The van der Waals surface area contributed by atoms with E-state index < -0.39 is 0 Å². The number of imidazole rings is 1. The molecular formula is C26H26N8. The molecule has 34 heavy (non-hydrogen) atoms. The zero-order chi connectivity index (χ0) is 22.6. The number of aromatic amines is 2. The van der Waals surface area contributed by atoms with Crippen LogP contribution in [0.5, 0.6) is 0 Å². The minimum Gasteiger partial charge on any atom is -0.342 e. The van der Waals surface area contributed by atoms with Gasteiger partial charge in [0.05, 0.1) is 17.4 Å². The molecule has 1 saturated carbocycles. The highest BCUT2D eigenvalue weighted by Gasteiger charge is 2.29. The van der Waals surface area contributed by atoms with Crippen LogP contribution in [0.1, 0.15) is 48.6 Å². The summed E-state index contributed by atoms with van der Waals surface area (Å²) in [6.07, 6.45) is 9.01. The van der Waals surface area contributed by atoms with Crippen LogP contribution in [0.2, 0.25) is 0 Å². The molecule has 0 amide bonds. The minimum absolute atomic E-state index is 0.580. The first-order valence-corrected chi connectivity index (χ1v) is 12.1. The molecule has 5 aromatic rings. The summed E-state index contributed by atoms with van der Waals surface area (Å²) in [6, 6.07) is 12.5. The molecule has 0 radical (unpaired) electrons. The first-order valence-electron chi connectivity index (χ1n) is 12.1. The van der Waals surface area contributed by atoms with Gasteiger partial charge in [-0.3, -0.25) is 5.10 Å². The predicted octanol–water partition coefficient (Wildman–Crippen LogP) is 5.25. The fraction of sp³-hybridized carbons (Fsp3) is 0.308. The normalized spacial score (nSPS) is 15.6. The lowest BCUT2D eigenvalue weighted by Crippen LogP contribution is -2.02. The quantitative estimate of drug-likeness (QED) is 0.340. The van der Waals surface area contributed by atoms with Gasteiger partial charge in [0.1, 0.15) is 5.82 Å². The summed E-state index contributed by atoms with van der Waals surface area (Å²) >= 11 is 0. The van der Waals surface area contributed by atoms with E-state index in [0.717, 1.165) is 46.9 Å². The Morgan fingerprint density at radius 1 is 0.971 bits per heavy atom. The van der Waals surface area contributed by atoms with Crippen molar-refractivity contribution >= 4 is 22.5 Å². The minimum atomic E-state index is 0.580. The predicted molar refractivity (Wildman–Crippen MR) is 132 cm³/mol. The molecule has 3 N–H and O–H groups in total. The summed E-state index contributed by atoms with van der Waals surface area (Å²) in [5.41, 5.74) is 8.07. The summed E-state index contributed by atoms with van der Waals surface area (Å²) in [5, 5.41) is 16.7. The maximum Gasteiger partial charge on any atom is 0.225 e. The third-order valence-electron chi connectivity index (χ3n) is 7.03. The molecule has 8 heteroatoms. The molecule has 0 aliphatic heterocycles. The lowest BCUT2D eigenvalue weighted by atomic mass is 10.0. The number of fused-ring (bicyclic) bond motifs is 2. The lowest BCUT2D eigenvalue weighted by Gasteiger charge is -2.11. The Morgan fingerprint density at radius 3 is 2.62 bits per heavy atom. The van der Waals surface area contributed by atoms with Gasteiger partial charge in [-0.1, -0.05) is 24.3 Å². The van der Waals surface area contributed by atoms with Gasteiger partial charge in [-0.05, 0) is 62.1 Å². The molecule has 2 aliphatic carbocycles. The third-order valence-corrected chi connectivity index (χ3v) is 7.03. The summed E-state index contributed by atoms with van der Waals surface area (Å²) in [5.74, 6) is 2.96. The molecular weight excluding hydrogens is 424 g/mol. The number of aryl methyl sites for hydroxylation is 3. The molecule has 3 aromatic heterocycles. The van der Waals surface area contributed by atoms with Gasteiger partial charge in [-0.15, -0.1) is 5.10 Å². The number of anilines is 2. The first-order chi connectivity index (χ1) is 16.7. The van der Waals surface area contributed by atoms with Gasteiger partial charge >= 0.3 is 0 Å². The lowest BCUT2D eigenvalue weighted by molar-refractivity contribution is 0.667. The zero-order valence-electron chi connectivity index (χ0n) is 19.1. The second-order valence-electron chi connectivity index (χ2n) is 9.44. The second kappa shape index (κ2) is 7.55. The van der Waals surface area contributed by atoms with Crippen LogP contribution < -0.4 is 5.32 Å². The van der Waals surface area contributed by atoms with E-state index in [1.807, 2.05) is 13.2 Å². The maximum atomic E-state index is 4.83. The second-order valence-corrected chi connectivity index (χ2v) is 9.44. The van der Waals surface area contributed by atoms with E-state index in [1.54, 1.807) is 4.68 Å². The molecule has 0 saturated heterocycles. The van der Waals surface area contributed by atoms with E-state index in [9.17, 15) is 0 Å². The molecule has 0 spiro atoms. The Balaban J connectivity index is 1.17. The molecule has 2 aliphatic rings. The van der Waals surface area contributed by atoms with Gasteiger partial charge in [0.2, 0.25) is 5.95 Å². The SMILES string of the molecule is Cn1nc(-c2ccc(-c3nc4c([nH]3)CCCC4)cc2)nc1Nc1ccc2[nH]ncc2c1C1CC1. The van der Waals surface area contributed by atoms with Crippen LogP contribution in [-0.4, -0.2) is 34.9 Å². The van der Waals surface area contributed by atoms with E-state index in [-0.39, 0.29) is 0 Å². The van der Waals surface area contributed by atoms with Crippen molar-refractivity contribution in [1.29, 1.82) is 0 Å². The Labute approximate surface area is 196 Å². The highest BCUT2D eigenvalue weighted by molar-refractivity contribution is 5.89. The Hall–Kier alpha value is -3.94. The Morgan fingerprint density at radius 2 is 1.79 bits per heavy atom. The Bertz CT molecular complexity index is 1480. The molecule has 0 unspecified atom stereocenters. The molecule has 1 fully saturated rings. The van der Waals surface area contributed by atoms with E-state index in [4.69, 9.17) is 9.97 Å². The van der Waals surface area contributed by atoms with Gasteiger partial charge in [-0.25, -0.2) is 9.67 Å². The van der Waals surface area contributed by atoms with Crippen molar-refractivity contribution in [3.05, 3.63) is 59.5 Å². The number of benzene rings is 2. The van der Waals surface area contributed by atoms with Crippen molar-refractivity contribution in [2.75, 3.05) is 5.32 Å². The van der Waals surface area contributed by atoms with Crippen LogP contribution in [0.3, 0.4) is 0 Å². The number of rotatable bonds is 5. The molecule has 2 aromatic carbocycles. The standard InChI is InChI=1S/C26H26N8/c1-34-26(30-22-13-12-19-18(14-27-32-19)23(22)15-6-7-15)31-25(33-34)17-10-8-16(9-11-17)24-28-20-4-2-3-5-21(20)29-24/h8-15H,2-7H2,1H3,(H,27,32)(H,28,29)(H,30,31,33). The van der Waals surface area contributed by atoms with Crippen LogP contribution in [0.15, 0.2) is 42.6 Å². The molecule has 8 nitrogen and oxygen atoms in total. The number of H-pyrrole nitrogens is 2. The van der Waals surface area contributed by atoms with Crippen LogP contribution in [0.4, 0.5) is 11.6 Å². The highest BCUT2D eigenvalue weighted by Crippen LogP contribution is 2.47. The molecule has 170 valence electrons. The molecule has 0 atom stereocenters. The summed E-state index contributed by atoms with van der Waals surface area (Å²) in [7, 11) is 1.92. The molecule has 0 bridgehead atoms. The van der Waals surface area contributed by atoms with E-state index in [2.05, 4.69) is 62.0 Å². The Kier molecular flexibility index (Phi) is 4.33. The van der Waals surface area contributed by atoms with Crippen molar-refractivity contribution in [3.8, 4) is 22.8 Å². The third kappa shape index (κ3) is 3.29. The number of hydrogen-bond acceptors (Lipinski definition) is 5. The zero-order valence-corrected chi connectivity index (χ0v) is 19.1. The fourth-order valence-corrected chi connectivity index (χ4v) is 5.06. The van der Waals surface area contributed by atoms with Gasteiger partial charge in [0.15, 0.2) is 5.82 Å². The van der Waals surface area contributed by atoms with E-state index in [1.165, 1.54) is 48.0 Å². The summed E-state index contributed by atoms with van der Waals surface area (Å²) in [6.45, 7) is 0. The number of nitrogens with one attached hydrogen (secondary N) is 3. The number of nitrogens with zero attached hydrogens (tertiary/aromatic N) is 5. The van der Waals surface area contributed by atoms with Crippen molar-refractivity contribution in [1.82, 2.24) is 34.9 Å². The maximum absolute atomic E-state index is 4.83. The van der Waals surface area contributed by atoms with E-state index in [0.29, 0.717) is 11.7 Å².